The Bertz CT molecular complexity index is 513. The van der Waals surface area contributed by atoms with Gasteiger partial charge >= 0.3 is 6.03 Å². The van der Waals surface area contributed by atoms with Crippen LogP contribution in [-0.4, -0.2) is 27.3 Å². The van der Waals surface area contributed by atoms with Crippen LogP contribution in [0.2, 0.25) is 4.47 Å². The van der Waals surface area contributed by atoms with E-state index in [4.69, 9.17) is 11.6 Å². The molecule has 2 rings (SSSR count). The van der Waals surface area contributed by atoms with Crippen molar-refractivity contribution in [3.8, 4) is 0 Å². The minimum atomic E-state index is -0.190. The lowest BCUT2D eigenvalue weighted by Gasteiger charge is -2.06. The first-order chi connectivity index (χ1) is 9.24. The van der Waals surface area contributed by atoms with Gasteiger partial charge in [-0.1, -0.05) is 11.6 Å². The zero-order valence-electron chi connectivity index (χ0n) is 10.2. The van der Waals surface area contributed by atoms with Gasteiger partial charge < -0.3 is 10.6 Å². The van der Waals surface area contributed by atoms with Gasteiger partial charge in [0.1, 0.15) is 0 Å². The van der Waals surface area contributed by atoms with Crippen molar-refractivity contribution in [1.82, 2.24) is 25.4 Å². The highest BCUT2D eigenvalue weighted by molar-refractivity contribution is 7.15. The van der Waals surface area contributed by atoms with Crippen molar-refractivity contribution in [2.45, 2.75) is 19.5 Å². The van der Waals surface area contributed by atoms with Crippen molar-refractivity contribution in [2.75, 3.05) is 6.54 Å². The van der Waals surface area contributed by atoms with Crippen LogP contribution < -0.4 is 10.6 Å². The molecule has 0 saturated heterocycles. The average molecular weight is 300 g/mol. The van der Waals surface area contributed by atoms with Crippen molar-refractivity contribution >= 4 is 29.0 Å². The number of carbonyl (C=O) groups excluding carboxylic acids is 1. The summed E-state index contributed by atoms with van der Waals surface area (Å²) in [6.07, 6.45) is 6.13. The summed E-state index contributed by atoms with van der Waals surface area (Å²) >= 11 is 7.05. The van der Waals surface area contributed by atoms with Crippen LogP contribution in [0.15, 0.2) is 24.7 Å². The summed E-state index contributed by atoms with van der Waals surface area (Å²) in [6, 6.07) is 1.69. The van der Waals surface area contributed by atoms with Gasteiger partial charge in [-0.15, -0.1) is 11.3 Å². The monoisotopic (exact) mass is 299 g/mol. The zero-order chi connectivity index (χ0) is 13.5. The second-order valence-electron chi connectivity index (χ2n) is 3.81. The van der Waals surface area contributed by atoms with Crippen molar-refractivity contribution < 1.29 is 4.79 Å². The number of aryl methyl sites for hydroxylation is 1. The van der Waals surface area contributed by atoms with E-state index in [0.717, 1.165) is 17.8 Å². The summed E-state index contributed by atoms with van der Waals surface area (Å²) in [7, 11) is 0. The minimum absolute atomic E-state index is 0.190. The Morgan fingerprint density at radius 3 is 3.05 bits per heavy atom. The van der Waals surface area contributed by atoms with Crippen LogP contribution in [-0.2, 0) is 13.1 Å². The molecule has 0 aromatic carbocycles. The van der Waals surface area contributed by atoms with E-state index in [1.54, 1.807) is 12.4 Å². The Morgan fingerprint density at radius 1 is 1.47 bits per heavy atom. The van der Waals surface area contributed by atoms with Crippen LogP contribution in [0.3, 0.4) is 0 Å². The van der Waals surface area contributed by atoms with E-state index in [9.17, 15) is 4.79 Å². The van der Waals surface area contributed by atoms with Crippen LogP contribution in [0.5, 0.6) is 0 Å². The molecule has 0 unspecified atom stereocenters. The number of nitrogens with zero attached hydrogens (tertiary/aromatic N) is 3. The molecule has 0 atom stereocenters. The predicted molar refractivity (Wildman–Crippen MR) is 74.2 cm³/mol. The maximum Gasteiger partial charge on any atom is 0.315 e. The molecular weight excluding hydrogens is 286 g/mol. The maximum atomic E-state index is 11.5. The Balaban J connectivity index is 1.57. The molecule has 2 aromatic heterocycles. The first-order valence-electron chi connectivity index (χ1n) is 5.83. The van der Waals surface area contributed by atoms with Crippen molar-refractivity contribution in [1.29, 1.82) is 0 Å². The highest BCUT2D eigenvalue weighted by Gasteiger charge is 2.02. The zero-order valence-corrected chi connectivity index (χ0v) is 11.7. The Labute approximate surface area is 119 Å². The normalized spacial score (nSPS) is 10.4. The molecule has 19 heavy (non-hydrogen) atoms. The number of aromatic nitrogens is 3. The second-order valence-corrected chi connectivity index (χ2v) is 5.51. The number of halogens is 1. The number of hydrogen-bond acceptors (Lipinski definition) is 4. The molecule has 2 aromatic rings. The third-order valence-electron chi connectivity index (χ3n) is 2.36. The topological polar surface area (TPSA) is 71.8 Å². The Morgan fingerprint density at radius 2 is 2.37 bits per heavy atom. The molecule has 0 bridgehead atoms. The van der Waals surface area contributed by atoms with Crippen molar-refractivity contribution in [2.24, 2.45) is 0 Å². The molecule has 0 saturated carbocycles. The van der Waals surface area contributed by atoms with Crippen LogP contribution in [0, 0.1) is 0 Å². The van der Waals surface area contributed by atoms with Crippen LogP contribution in [0.1, 0.15) is 11.3 Å². The molecule has 0 fully saturated rings. The molecule has 6 nitrogen and oxygen atoms in total. The molecule has 0 radical (unpaired) electrons. The van der Waals surface area contributed by atoms with E-state index in [-0.39, 0.29) is 6.03 Å². The number of hydrogen-bond donors (Lipinski definition) is 2. The molecule has 2 amide bonds. The van der Waals surface area contributed by atoms with Gasteiger partial charge in [0.05, 0.1) is 6.54 Å². The van der Waals surface area contributed by atoms with Crippen molar-refractivity contribution in [3.05, 3.63) is 34.0 Å². The fraction of sp³-hybridized carbons (Fsp3) is 0.364. The number of urea groups is 1. The van der Waals surface area contributed by atoms with E-state index in [1.807, 2.05) is 16.9 Å². The van der Waals surface area contributed by atoms with Gasteiger partial charge in [-0.2, -0.15) is 5.10 Å². The number of carbonyl (C=O) groups is 1. The molecule has 102 valence electrons. The molecule has 0 aliphatic rings. The summed E-state index contributed by atoms with van der Waals surface area (Å²) in [5.74, 6) is 0. The van der Waals surface area contributed by atoms with Gasteiger partial charge in [-0.25, -0.2) is 9.78 Å². The smallest absolute Gasteiger partial charge is 0.315 e. The fourth-order valence-electron chi connectivity index (χ4n) is 1.47. The van der Waals surface area contributed by atoms with Gasteiger partial charge in [0, 0.05) is 36.6 Å². The van der Waals surface area contributed by atoms with E-state index < -0.39 is 0 Å². The van der Waals surface area contributed by atoms with Crippen LogP contribution >= 0.6 is 22.9 Å². The molecule has 8 heteroatoms. The third kappa shape index (κ3) is 4.88. The van der Waals surface area contributed by atoms with Gasteiger partial charge in [-0.05, 0) is 12.5 Å². The van der Waals surface area contributed by atoms with Crippen LogP contribution in [0.25, 0.3) is 0 Å². The Hall–Kier alpha value is -1.60. The summed E-state index contributed by atoms with van der Waals surface area (Å²) in [5.41, 5.74) is 0. The Kier molecular flexibility index (Phi) is 5.17. The second kappa shape index (κ2) is 7.10. The van der Waals surface area contributed by atoms with E-state index in [0.29, 0.717) is 17.6 Å². The lowest BCUT2D eigenvalue weighted by molar-refractivity contribution is 0.240. The van der Waals surface area contributed by atoms with E-state index in [1.165, 1.54) is 11.3 Å². The summed E-state index contributed by atoms with van der Waals surface area (Å²) in [5, 5.41) is 9.61. The quantitative estimate of drug-likeness (QED) is 0.800. The standard InChI is InChI=1S/C11H14ClN5OS/c12-10-14-7-9(19-10)8-15-11(18)13-3-1-5-17-6-2-4-16-17/h2,4,6-7H,1,3,5,8H2,(H2,13,15,18). The lowest BCUT2D eigenvalue weighted by Crippen LogP contribution is -2.35. The van der Waals surface area contributed by atoms with Crippen LogP contribution in [0.4, 0.5) is 4.79 Å². The molecule has 0 spiro atoms. The van der Waals surface area contributed by atoms with Crippen molar-refractivity contribution in [3.63, 3.8) is 0 Å². The third-order valence-corrected chi connectivity index (χ3v) is 3.47. The number of amides is 2. The van der Waals surface area contributed by atoms with Gasteiger partial charge in [0.25, 0.3) is 0 Å². The minimum Gasteiger partial charge on any atom is -0.338 e. The molecule has 2 N–H and O–H groups in total. The highest BCUT2D eigenvalue weighted by atomic mass is 35.5. The number of thiazole rings is 1. The largest absolute Gasteiger partial charge is 0.338 e. The predicted octanol–water partition coefficient (Wildman–Crippen LogP) is 1.88. The van der Waals surface area contributed by atoms with Gasteiger partial charge in [0.15, 0.2) is 4.47 Å². The molecular formula is C11H14ClN5OS. The fourth-order valence-corrected chi connectivity index (χ4v) is 2.39. The lowest BCUT2D eigenvalue weighted by atomic mass is 10.4. The van der Waals surface area contributed by atoms with Gasteiger partial charge in [-0.3, -0.25) is 4.68 Å². The maximum absolute atomic E-state index is 11.5. The molecule has 2 heterocycles. The summed E-state index contributed by atoms with van der Waals surface area (Å²) in [4.78, 5) is 16.3. The van der Waals surface area contributed by atoms with Gasteiger partial charge in [0.2, 0.25) is 0 Å². The summed E-state index contributed by atoms with van der Waals surface area (Å²) in [6.45, 7) is 1.84. The molecule has 0 aliphatic carbocycles. The SMILES string of the molecule is O=C(NCCCn1cccn1)NCc1cnc(Cl)s1. The number of nitrogens with one attached hydrogen (secondary N) is 2. The van der Waals surface area contributed by atoms with E-state index in [2.05, 4.69) is 20.7 Å². The van der Waals surface area contributed by atoms with E-state index >= 15 is 0 Å². The molecule has 0 aliphatic heterocycles. The first kappa shape index (κ1) is 13.8. The average Bonchev–Trinajstić information content (AvgIpc) is 3.03. The first-order valence-corrected chi connectivity index (χ1v) is 7.03. The highest BCUT2D eigenvalue weighted by Crippen LogP contribution is 2.16. The summed E-state index contributed by atoms with van der Waals surface area (Å²) < 4.78 is 2.32. The number of rotatable bonds is 6.